The minimum atomic E-state index is -1.45. The first kappa shape index (κ1) is 19.6. The van der Waals surface area contributed by atoms with E-state index in [1.54, 1.807) is 0 Å². The van der Waals surface area contributed by atoms with Crippen molar-refractivity contribution in [3.8, 4) is 0 Å². The zero-order valence-corrected chi connectivity index (χ0v) is 15.4. The van der Waals surface area contributed by atoms with Crippen molar-refractivity contribution in [3.63, 3.8) is 0 Å². The number of carbonyl (C=O) groups is 4. The third-order valence-electron chi connectivity index (χ3n) is 5.52. The number of nitrogens with two attached hydrogens (primary N) is 1. The van der Waals surface area contributed by atoms with Crippen molar-refractivity contribution >= 4 is 23.6 Å². The number of primary amides is 1. The predicted molar refractivity (Wildman–Crippen MR) is 94.9 cm³/mol. The summed E-state index contributed by atoms with van der Waals surface area (Å²) in [5, 5.41) is 15.4. The molecule has 2 saturated carbocycles. The molecule has 0 bridgehead atoms. The SMILES string of the molecule is NC(=O)C(O)C(CC1CC1)NC(=O)C1CCCN1C(=O)CNC(=O)C1CC1. The molecule has 0 spiro atoms. The zero-order chi connectivity index (χ0) is 19.6. The number of hydrogen-bond acceptors (Lipinski definition) is 5. The summed E-state index contributed by atoms with van der Waals surface area (Å²) in [6.07, 6.45) is 3.98. The van der Waals surface area contributed by atoms with Gasteiger partial charge < -0.3 is 26.4 Å². The highest BCUT2D eigenvalue weighted by atomic mass is 16.3. The van der Waals surface area contributed by atoms with Crippen molar-refractivity contribution in [2.75, 3.05) is 13.1 Å². The number of amides is 4. The Kier molecular flexibility index (Phi) is 5.98. The Morgan fingerprint density at radius 3 is 2.37 bits per heavy atom. The average Bonchev–Trinajstić information content (AvgIpc) is 3.56. The maximum absolute atomic E-state index is 12.7. The fraction of sp³-hybridized carbons (Fsp3) is 0.778. The first-order valence-corrected chi connectivity index (χ1v) is 9.71. The second kappa shape index (κ2) is 8.24. The second-order valence-corrected chi connectivity index (χ2v) is 7.88. The van der Waals surface area contributed by atoms with Crippen LogP contribution in [0.25, 0.3) is 0 Å². The van der Waals surface area contributed by atoms with Gasteiger partial charge in [0.05, 0.1) is 12.6 Å². The molecule has 0 radical (unpaired) electrons. The number of hydrogen-bond donors (Lipinski definition) is 4. The van der Waals surface area contributed by atoms with Gasteiger partial charge in [-0.1, -0.05) is 12.8 Å². The molecule has 3 aliphatic rings. The largest absolute Gasteiger partial charge is 0.381 e. The van der Waals surface area contributed by atoms with E-state index in [-0.39, 0.29) is 30.2 Å². The zero-order valence-electron chi connectivity index (χ0n) is 15.4. The van der Waals surface area contributed by atoms with Gasteiger partial charge in [-0.25, -0.2) is 0 Å². The highest BCUT2D eigenvalue weighted by Crippen LogP contribution is 2.34. The van der Waals surface area contributed by atoms with Crippen LogP contribution in [0.3, 0.4) is 0 Å². The van der Waals surface area contributed by atoms with Crippen LogP contribution in [0, 0.1) is 11.8 Å². The highest BCUT2D eigenvalue weighted by molar-refractivity contribution is 5.91. The number of nitrogens with one attached hydrogen (secondary N) is 2. The predicted octanol–water partition coefficient (Wildman–Crippen LogP) is -1.37. The molecular formula is C18H28N4O5. The van der Waals surface area contributed by atoms with Crippen LogP contribution in [0.4, 0.5) is 0 Å². The molecule has 0 aromatic heterocycles. The quantitative estimate of drug-likeness (QED) is 0.391. The van der Waals surface area contributed by atoms with Crippen molar-refractivity contribution in [2.24, 2.45) is 17.6 Å². The van der Waals surface area contributed by atoms with Crippen LogP contribution >= 0.6 is 0 Å². The number of aliphatic hydroxyl groups excluding tert-OH is 1. The van der Waals surface area contributed by atoms with Crippen LogP contribution < -0.4 is 16.4 Å². The minimum Gasteiger partial charge on any atom is -0.381 e. The van der Waals surface area contributed by atoms with E-state index in [2.05, 4.69) is 10.6 Å². The third kappa shape index (κ3) is 5.18. The van der Waals surface area contributed by atoms with Gasteiger partial charge in [-0.3, -0.25) is 19.2 Å². The molecular weight excluding hydrogens is 352 g/mol. The Bertz CT molecular complexity index is 617. The van der Waals surface area contributed by atoms with E-state index in [1.807, 2.05) is 0 Å². The molecule has 9 nitrogen and oxygen atoms in total. The monoisotopic (exact) mass is 380 g/mol. The van der Waals surface area contributed by atoms with Gasteiger partial charge in [0.2, 0.25) is 23.6 Å². The highest BCUT2D eigenvalue weighted by Gasteiger charge is 2.38. The van der Waals surface area contributed by atoms with Gasteiger partial charge in [-0.15, -0.1) is 0 Å². The Labute approximate surface area is 158 Å². The molecule has 5 N–H and O–H groups in total. The summed E-state index contributed by atoms with van der Waals surface area (Å²) >= 11 is 0. The normalized spacial score (nSPS) is 24.2. The van der Waals surface area contributed by atoms with E-state index in [0.29, 0.717) is 31.7 Å². The van der Waals surface area contributed by atoms with Crippen molar-refractivity contribution in [1.29, 1.82) is 0 Å². The fourth-order valence-electron chi connectivity index (χ4n) is 3.55. The van der Waals surface area contributed by atoms with Gasteiger partial charge in [0, 0.05) is 12.5 Å². The molecule has 3 rings (SSSR count). The summed E-state index contributed by atoms with van der Waals surface area (Å²) in [6.45, 7) is 0.330. The molecule has 4 amide bonds. The van der Waals surface area contributed by atoms with Gasteiger partial charge in [0.15, 0.2) is 6.10 Å². The molecule has 3 atom stereocenters. The summed E-state index contributed by atoms with van der Waals surface area (Å²) < 4.78 is 0. The van der Waals surface area contributed by atoms with Crippen molar-refractivity contribution in [3.05, 3.63) is 0 Å². The second-order valence-electron chi connectivity index (χ2n) is 7.88. The number of aliphatic hydroxyl groups is 1. The van der Waals surface area contributed by atoms with Crippen molar-refractivity contribution in [2.45, 2.75) is 63.1 Å². The number of rotatable bonds is 9. The van der Waals surface area contributed by atoms with Crippen LogP contribution in [0.2, 0.25) is 0 Å². The Morgan fingerprint density at radius 2 is 1.78 bits per heavy atom. The molecule has 3 unspecified atom stereocenters. The maximum atomic E-state index is 12.7. The molecule has 2 aliphatic carbocycles. The van der Waals surface area contributed by atoms with E-state index in [1.165, 1.54) is 4.90 Å². The molecule has 150 valence electrons. The molecule has 1 saturated heterocycles. The topological polar surface area (TPSA) is 142 Å². The van der Waals surface area contributed by atoms with E-state index in [4.69, 9.17) is 5.73 Å². The molecule has 9 heteroatoms. The molecule has 1 aliphatic heterocycles. The number of likely N-dealkylation sites (tertiary alicyclic amines) is 1. The van der Waals surface area contributed by atoms with Crippen LogP contribution in [-0.2, 0) is 19.2 Å². The lowest BCUT2D eigenvalue weighted by atomic mass is 10.0. The Morgan fingerprint density at radius 1 is 1.07 bits per heavy atom. The lowest BCUT2D eigenvalue weighted by molar-refractivity contribution is -0.140. The molecule has 0 aromatic rings. The molecule has 3 fully saturated rings. The Hall–Kier alpha value is -2.16. The summed E-state index contributed by atoms with van der Waals surface area (Å²) in [7, 11) is 0. The van der Waals surface area contributed by atoms with Crippen LogP contribution in [0.5, 0.6) is 0 Å². The number of nitrogens with zero attached hydrogens (tertiary/aromatic N) is 1. The Balaban J connectivity index is 1.55. The first-order chi connectivity index (χ1) is 12.9. The fourth-order valence-corrected chi connectivity index (χ4v) is 3.55. The molecule has 27 heavy (non-hydrogen) atoms. The van der Waals surface area contributed by atoms with Gasteiger partial charge in [-0.05, 0) is 38.0 Å². The van der Waals surface area contributed by atoms with Gasteiger partial charge in [-0.2, -0.15) is 0 Å². The molecule has 0 aromatic carbocycles. The standard InChI is InChI=1S/C18H28N4O5/c19-16(25)15(24)12(8-10-3-4-10)21-18(27)13-2-1-7-22(13)14(23)9-20-17(26)11-5-6-11/h10-13,15,24H,1-9H2,(H2,19,25)(H,20,26)(H,21,27). The van der Waals surface area contributed by atoms with Gasteiger partial charge >= 0.3 is 0 Å². The lowest BCUT2D eigenvalue weighted by Gasteiger charge is -2.28. The van der Waals surface area contributed by atoms with E-state index >= 15 is 0 Å². The molecule has 1 heterocycles. The van der Waals surface area contributed by atoms with E-state index in [9.17, 15) is 24.3 Å². The summed E-state index contributed by atoms with van der Waals surface area (Å²) in [5.74, 6) is -1.27. The first-order valence-electron chi connectivity index (χ1n) is 9.71. The summed E-state index contributed by atoms with van der Waals surface area (Å²) in [6, 6.07) is -1.40. The van der Waals surface area contributed by atoms with Crippen LogP contribution in [0.15, 0.2) is 0 Å². The van der Waals surface area contributed by atoms with Gasteiger partial charge in [0.25, 0.3) is 0 Å². The average molecular weight is 380 g/mol. The van der Waals surface area contributed by atoms with E-state index in [0.717, 1.165) is 25.7 Å². The van der Waals surface area contributed by atoms with E-state index < -0.39 is 24.1 Å². The van der Waals surface area contributed by atoms with Crippen LogP contribution in [0.1, 0.15) is 44.9 Å². The minimum absolute atomic E-state index is 0.0222. The third-order valence-corrected chi connectivity index (χ3v) is 5.52. The maximum Gasteiger partial charge on any atom is 0.248 e. The van der Waals surface area contributed by atoms with Gasteiger partial charge in [0.1, 0.15) is 6.04 Å². The summed E-state index contributed by atoms with van der Waals surface area (Å²) in [5.41, 5.74) is 5.19. The lowest BCUT2D eigenvalue weighted by Crippen LogP contribution is -2.55. The van der Waals surface area contributed by atoms with Crippen molar-refractivity contribution in [1.82, 2.24) is 15.5 Å². The van der Waals surface area contributed by atoms with Crippen LogP contribution in [-0.4, -0.2) is 64.9 Å². The number of carbonyl (C=O) groups excluding carboxylic acids is 4. The summed E-state index contributed by atoms with van der Waals surface area (Å²) in [4.78, 5) is 49.6. The van der Waals surface area contributed by atoms with Crippen molar-refractivity contribution < 1.29 is 24.3 Å². The smallest absolute Gasteiger partial charge is 0.248 e.